The normalized spacial score (nSPS) is 22.1. The average Bonchev–Trinajstić information content (AvgIpc) is 3.20. The van der Waals surface area contributed by atoms with E-state index in [9.17, 15) is 22.8 Å². The number of aliphatic carboxylic acids is 1. The number of carbonyl (C=O) groups is 2. The highest BCUT2D eigenvalue weighted by atomic mass is 19.4. The highest BCUT2D eigenvalue weighted by Gasteiger charge is 2.72. The lowest BCUT2D eigenvalue weighted by Crippen LogP contribution is -2.47. The van der Waals surface area contributed by atoms with Gasteiger partial charge in [-0.05, 0) is 50.6 Å². The van der Waals surface area contributed by atoms with Gasteiger partial charge in [0.05, 0.1) is 17.3 Å². The van der Waals surface area contributed by atoms with Gasteiger partial charge in [-0.1, -0.05) is 0 Å². The second-order valence-corrected chi connectivity index (χ2v) is 6.41. The molecule has 1 aliphatic rings. The van der Waals surface area contributed by atoms with E-state index in [0.717, 1.165) is 11.4 Å². The zero-order valence-electron chi connectivity index (χ0n) is 14.0. The van der Waals surface area contributed by atoms with Crippen LogP contribution in [-0.2, 0) is 4.79 Å². The Labute approximate surface area is 146 Å². The number of carboxylic acids is 1. The third kappa shape index (κ3) is 3.04. The van der Waals surface area contributed by atoms with Crippen LogP contribution in [0.1, 0.15) is 28.2 Å². The first-order valence-electron chi connectivity index (χ1n) is 7.81. The molecule has 1 aromatic heterocycles. The summed E-state index contributed by atoms with van der Waals surface area (Å²) in [7, 11) is 0. The molecule has 26 heavy (non-hydrogen) atoms. The topological polar surface area (TPSA) is 84.2 Å². The first-order valence-corrected chi connectivity index (χ1v) is 7.81. The lowest BCUT2D eigenvalue weighted by Gasteiger charge is -2.16. The predicted molar refractivity (Wildman–Crippen MR) is 85.0 cm³/mol. The quantitative estimate of drug-likeness (QED) is 0.870. The summed E-state index contributed by atoms with van der Waals surface area (Å²) in [5.74, 6) is -4.63. The number of aryl methyl sites for hydroxylation is 2. The van der Waals surface area contributed by atoms with E-state index in [1.165, 1.54) is 12.1 Å². The Morgan fingerprint density at radius 3 is 2.31 bits per heavy atom. The van der Waals surface area contributed by atoms with Gasteiger partial charge >= 0.3 is 12.1 Å². The number of nitrogens with one attached hydrogen (secondary N) is 1. The molecule has 0 saturated heterocycles. The number of rotatable bonds is 4. The minimum atomic E-state index is -4.68. The molecule has 3 rings (SSSR count). The number of carbonyl (C=O) groups excluding carboxylic acids is 1. The Morgan fingerprint density at radius 2 is 1.88 bits per heavy atom. The molecule has 1 saturated carbocycles. The van der Waals surface area contributed by atoms with Gasteiger partial charge in [0, 0.05) is 11.3 Å². The van der Waals surface area contributed by atoms with Crippen LogP contribution in [0.4, 0.5) is 13.2 Å². The number of nitrogens with zero attached hydrogens (tertiary/aromatic N) is 2. The monoisotopic (exact) mass is 367 g/mol. The first-order chi connectivity index (χ1) is 12.0. The van der Waals surface area contributed by atoms with Crippen molar-refractivity contribution in [2.24, 2.45) is 5.92 Å². The van der Waals surface area contributed by atoms with Crippen LogP contribution in [0.2, 0.25) is 0 Å². The molecule has 0 aliphatic heterocycles. The second-order valence-electron chi connectivity index (χ2n) is 6.41. The SMILES string of the molecule is Cc1cc(C)n(-c2ccc(C(=O)N[C@]3(C(=O)O)C[C@H]3C(F)(F)F)cc2)n1. The smallest absolute Gasteiger partial charge is 0.394 e. The minimum Gasteiger partial charge on any atom is -0.479 e. The van der Waals surface area contributed by atoms with Crippen molar-refractivity contribution in [2.75, 3.05) is 0 Å². The van der Waals surface area contributed by atoms with Crippen molar-refractivity contribution in [3.63, 3.8) is 0 Å². The Morgan fingerprint density at radius 1 is 1.27 bits per heavy atom. The van der Waals surface area contributed by atoms with Gasteiger partial charge in [-0.2, -0.15) is 18.3 Å². The minimum absolute atomic E-state index is 0.0729. The van der Waals surface area contributed by atoms with Gasteiger partial charge in [0.25, 0.3) is 5.91 Å². The van der Waals surface area contributed by atoms with Crippen molar-refractivity contribution < 1.29 is 27.9 Å². The molecular weight excluding hydrogens is 351 g/mol. The van der Waals surface area contributed by atoms with E-state index in [1.54, 1.807) is 16.8 Å². The molecular formula is C17H16F3N3O3. The molecule has 2 N–H and O–H groups in total. The van der Waals surface area contributed by atoms with Crippen LogP contribution in [0.25, 0.3) is 5.69 Å². The van der Waals surface area contributed by atoms with Crippen molar-refractivity contribution in [3.8, 4) is 5.69 Å². The summed E-state index contributed by atoms with van der Waals surface area (Å²) < 4.78 is 40.1. The average molecular weight is 367 g/mol. The summed E-state index contributed by atoms with van der Waals surface area (Å²) in [5.41, 5.74) is 0.169. The molecule has 6 nitrogen and oxygen atoms in total. The molecule has 1 amide bonds. The van der Waals surface area contributed by atoms with Gasteiger partial charge in [0.2, 0.25) is 0 Å². The van der Waals surface area contributed by atoms with Crippen LogP contribution >= 0.6 is 0 Å². The molecule has 0 bridgehead atoms. The van der Waals surface area contributed by atoms with E-state index in [0.29, 0.717) is 5.69 Å². The maximum absolute atomic E-state index is 12.8. The zero-order valence-corrected chi connectivity index (χ0v) is 14.0. The summed E-state index contributed by atoms with van der Waals surface area (Å²) in [6.45, 7) is 3.70. The second kappa shape index (κ2) is 5.86. The van der Waals surface area contributed by atoms with Crippen LogP contribution in [-0.4, -0.2) is 38.5 Å². The van der Waals surface area contributed by atoms with E-state index in [-0.39, 0.29) is 5.56 Å². The molecule has 9 heteroatoms. The molecule has 1 aliphatic carbocycles. The van der Waals surface area contributed by atoms with Crippen LogP contribution in [0, 0.1) is 19.8 Å². The van der Waals surface area contributed by atoms with Gasteiger partial charge < -0.3 is 10.4 Å². The number of hydrogen-bond donors (Lipinski definition) is 2. The summed E-state index contributed by atoms with van der Waals surface area (Å²) in [6.07, 6.45) is -5.34. The van der Waals surface area contributed by atoms with Gasteiger partial charge in [-0.3, -0.25) is 4.79 Å². The van der Waals surface area contributed by atoms with Crippen LogP contribution < -0.4 is 5.32 Å². The molecule has 0 spiro atoms. The van der Waals surface area contributed by atoms with Gasteiger partial charge in [0.1, 0.15) is 0 Å². The fourth-order valence-electron chi connectivity index (χ4n) is 3.01. The number of benzene rings is 1. The fourth-order valence-corrected chi connectivity index (χ4v) is 3.01. The van der Waals surface area contributed by atoms with E-state index >= 15 is 0 Å². The molecule has 2 aromatic rings. The molecule has 138 valence electrons. The first kappa shape index (κ1) is 18.0. The maximum atomic E-state index is 12.8. The number of carboxylic acid groups (broad SMARTS) is 1. The van der Waals surface area contributed by atoms with Crippen molar-refractivity contribution >= 4 is 11.9 Å². The number of halogens is 3. The molecule has 2 atom stereocenters. The van der Waals surface area contributed by atoms with Crippen LogP contribution in [0.3, 0.4) is 0 Å². The van der Waals surface area contributed by atoms with E-state index in [4.69, 9.17) is 5.11 Å². The summed E-state index contributed by atoms with van der Waals surface area (Å²) in [4.78, 5) is 23.5. The zero-order chi connectivity index (χ0) is 19.3. The van der Waals surface area contributed by atoms with Crippen molar-refractivity contribution in [1.29, 1.82) is 0 Å². The van der Waals surface area contributed by atoms with Gasteiger partial charge in [-0.25, -0.2) is 9.48 Å². The number of aromatic nitrogens is 2. The molecule has 1 heterocycles. The van der Waals surface area contributed by atoms with Gasteiger partial charge in [0.15, 0.2) is 5.54 Å². The third-order valence-corrected chi connectivity index (χ3v) is 4.46. The standard InChI is InChI=1S/C17H16F3N3O3/c1-9-7-10(2)23(22-9)12-5-3-11(4-6-12)14(24)21-16(15(25)26)8-13(16)17(18,19)20/h3-7,13H,8H2,1-2H3,(H,21,24)(H,25,26)/t13-,16-/m1/s1. The highest BCUT2D eigenvalue weighted by molar-refractivity contribution is 5.99. The van der Waals surface area contributed by atoms with Crippen molar-refractivity contribution in [3.05, 3.63) is 47.3 Å². The number of alkyl halides is 3. The number of hydrogen-bond acceptors (Lipinski definition) is 3. The largest absolute Gasteiger partial charge is 0.479 e. The molecule has 1 fully saturated rings. The molecule has 0 radical (unpaired) electrons. The van der Waals surface area contributed by atoms with Gasteiger partial charge in [-0.15, -0.1) is 0 Å². The van der Waals surface area contributed by atoms with Crippen molar-refractivity contribution in [2.45, 2.75) is 32.0 Å². The Kier molecular flexibility index (Phi) is 4.05. The van der Waals surface area contributed by atoms with Crippen molar-refractivity contribution in [1.82, 2.24) is 15.1 Å². The Balaban J connectivity index is 1.79. The summed E-state index contributed by atoms with van der Waals surface area (Å²) in [6, 6.07) is 7.90. The third-order valence-electron chi connectivity index (χ3n) is 4.46. The maximum Gasteiger partial charge on any atom is 0.394 e. The molecule has 1 aromatic carbocycles. The summed E-state index contributed by atoms with van der Waals surface area (Å²) >= 11 is 0. The van der Waals surface area contributed by atoms with Crippen LogP contribution in [0.5, 0.6) is 0 Å². The van der Waals surface area contributed by atoms with E-state index in [1.807, 2.05) is 25.2 Å². The van der Waals surface area contributed by atoms with E-state index < -0.39 is 35.9 Å². The Hall–Kier alpha value is -2.84. The fraction of sp³-hybridized carbons (Fsp3) is 0.353. The summed E-state index contributed by atoms with van der Waals surface area (Å²) in [5, 5.41) is 15.5. The lowest BCUT2D eigenvalue weighted by molar-refractivity contribution is -0.163. The van der Waals surface area contributed by atoms with Crippen LogP contribution in [0.15, 0.2) is 30.3 Å². The van der Waals surface area contributed by atoms with E-state index in [2.05, 4.69) is 5.10 Å². The highest BCUT2D eigenvalue weighted by Crippen LogP contribution is 2.53. The Bertz CT molecular complexity index is 874. The lowest BCUT2D eigenvalue weighted by atomic mass is 10.1. The molecule has 0 unspecified atom stereocenters. The number of amides is 1. The predicted octanol–water partition coefficient (Wildman–Crippen LogP) is 2.62.